The second-order valence-corrected chi connectivity index (χ2v) is 7.48. The van der Waals surface area contributed by atoms with Crippen molar-refractivity contribution in [1.29, 1.82) is 0 Å². The Bertz CT molecular complexity index is 630. The van der Waals surface area contributed by atoms with Crippen molar-refractivity contribution in [3.05, 3.63) is 41.7 Å². The fraction of sp³-hybridized carbons (Fsp3) is 0.632. The van der Waals surface area contributed by atoms with Crippen LogP contribution in [0, 0.1) is 5.92 Å². The minimum Gasteiger partial charge on any atom is -0.304 e. The predicted octanol–water partition coefficient (Wildman–Crippen LogP) is 2.25. The van der Waals surface area contributed by atoms with Gasteiger partial charge < -0.3 is 4.90 Å². The maximum atomic E-state index is 4.42. The van der Waals surface area contributed by atoms with Gasteiger partial charge in [-0.3, -0.25) is 4.90 Å². The van der Waals surface area contributed by atoms with Crippen molar-refractivity contribution in [3.63, 3.8) is 0 Å². The van der Waals surface area contributed by atoms with Crippen LogP contribution in [-0.4, -0.2) is 63.2 Å². The molecule has 1 unspecified atom stereocenters. The summed E-state index contributed by atoms with van der Waals surface area (Å²) in [6, 6.07) is 10.9. The van der Waals surface area contributed by atoms with Crippen LogP contribution >= 0.6 is 0 Å². The SMILES string of the molecule is CC(C)CC(c1nnnn1CCc1ccccc1)N1CCN(C)CC1. The molecule has 2 heterocycles. The van der Waals surface area contributed by atoms with Gasteiger partial charge in [0.2, 0.25) is 0 Å². The quantitative estimate of drug-likeness (QED) is 0.772. The van der Waals surface area contributed by atoms with Crippen molar-refractivity contribution < 1.29 is 0 Å². The minimum absolute atomic E-state index is 0.305. The number of tetrazole rings is 1. The number of aromatic nitrogens is 4. The monoisotopic (exact) mass is 342 g/mol. The highest BCUT2D eigenvalue weighted by Crippen LogP contribution is 2.27. The molecule has 1 aliphatic heterocycles. The zero-order chi connectivity index (χ0) is 17.6. The third-order valence-corrected chi connectivity index (χ3v) is 4.99. The molecule has 1 atom stereocenters. The number of piperazine rings is 1. The molecule has 6 nitrogen and oxygen atoms in total. The molecule has 0 N–H and O–H groups in total. The highest BCUT2D eigenvalue weighted by Gasteiger charge is 2.28. The first-order valence-electron chi connectivity index (χ1n) is 9.36. The number of rotatable bonds is 7. The second-order valence-electron chi connectivity index (χ2n) is 7.48. The van der Waals surface area contributed by atoms with Crippen LogP contribution in [-0.2, 0) is 13.0 Å². The lowest BCUT2D eigenvalue weighted by atomic mass is 10.0. The Labute approximate surface area is 150 Å². The van der Waals surface area contributed by atoms with E-state index in [1.165, 1.54) is 5.56 Å². The molecule has 6 heteroatoms. The summed E-state index contributed by atoms with van der Waals surface area (Å²) >= 11 is 0. The van der Waals surface area contributed by atoms with Crippen LogP contribution in [0.4, 0.5) is 0 Å². The minimum atomic E-state index is 0.305. The van der Waals surface area contributed by atoms with Gasteiger partial charge in [0.05, 0.1) is 6.04 Å². The maximum absolute atomic E-state index is 4.42. The van der Waals surface area contributed by atoms with E-state index in [0.29, 0.717) is 12.0 Å². The molecule has 2 aromatic rings. The molecule has 0 radical (unpaired) electrons. The molecule has 0 aliphatic carbocycles. The molecule has 1 fully saturated rings. The van der Waals surface area contributed by atoms with E-state index in [2.05, 4.69) is 76.6 Å². The van der Waals surface area contributed by atoms with Gasteiger partial charge in [0.15, 0.2) is 5.82 Å². The normalized spacial score (nSPS) is 17.9. The first-order valence-corrected chi connectivity index (χ1v) is 9.36. The van der Waals surface area contributed by atoms with E-state index in [4.69, 9.17) is 0 Å². The molecule has 3 rings (SSSR count). The second kappa shape index (κ2) is 8.54. The Kier molecular flexibility index (Phi) is 6.15. The largest absolute Gasteiger partial charge is 0.304 e. The molecule has 1 aromatic carbocycles. The number of nitrogens with zero attached hydrogens (tertiary/aromatic N) is 6. The Hall–Kier alpha value is -1.79. The molecule has 0 amide bonds. The average Bonchev–Trinajstić information content (AvgIpc) is 3.08. The highest BCUT2D eigenvalue weighted by atomic mass is 15.5. The lowest BCUT2D eigenvalue weighted by Crippen LogP contribution is -2.46. The van der Waals surface area contributed by atoms with Gasteiger partial charge in [-0.05, 0) is 41.8 Å². The summed E-state index contributed by atoms with van der Waals surface area (Å²) < 4.78 is 2.01. The third kappa shape index (κ3) is 4.86. The molecular weight excluding hydrogens is 312 g/mol. The molecule has 1 aliphatic rings. The summed E-state index contributed by atoms with van der Waals surface area (Å²) in [6.45, 7) is 9.77. The van der Waals surface area contributed by atoms with Crippen molar-refractivity contribution in [1.82, 2.24) is 30.0 Å². The van der Waals surface area contributed by atoms with Gasteiger partial charge in [0.25, 0.3) is 0 Å². The maximum Gasteiger partial charge on any atom is 0.168 e. The van der Waals surface area contributed by atoms with E-state index in [-0.39, 0.29) is 0 Å². The van der Waals surface area contributed by atoms with E-state index in [0.717, 1.165) is 51.4 Å². The van der Waals surface area contributed by atoms with Crippen LogP contribution in [0.15, 0.2) is 30.3 Å². The number of likely N-dealkylation sites (N-methyl/N-ethyl adjacent to an activating group) is 1. The van der Waals surface area contributed by atoms with Crippen LogP contribution in [0.3, 0.4) is 0 Å². The molecule has 25 heavy (non-hydrogen) atoms. The Morgan fingerprint density at radius 1 is 1.04 bits per heavy atom. The van der Waals surface area contributed by atoms with E-state index in [1.807, 2.05) is 4.68 Å². The van der Waals surface area contributed by atoms with Gasteiger partial charge in [0.1, 0.15) is 0 Å². The first-order chi connectivity index (χ1) is 12.1. The van der Waals surface area contributed by atoms with Crippen molar-refractivity contribution in [2.75, 3.05) is 33.2 Å². The number of hydrogen-bond acceptors (Lipinski definition) is 5. The molecule has 136 valence electrons. The summed E-state index contributed by atoms with van der Waals surface area (Å²) in [5.74, 6) is 1.64. The van der Waals surface area contributed by atoms with Crippen molar-refractivity contribution >= 4 is 0 Å². The first kappa shape index (κ1) is 18.0. The fourth-order valence-corrected chi connectivity index (χ4v) is 3.49. The summed E-state index contributed by atoms with van der Waals surface area (Å²) in [5.41, 5.74) is 1.32. The number of aryl methyl sites for hydroxylation is 2. The predicted molar refractivity (Wildman–Crippen MR) is 99.2 cm³/mol. The topological polar surface area (TPSA) is 50.1 Å². The van der Waals surface area contributed by atoms with Gasteiger partial charge >= 0.3 is 0 Å². The molecule has 0 spiro atoms. The van der Waals surface area contributed by atoms with E-state index in [9.17, 15) is 0 Å². The van der Waals surface area contributed by atoms with Crippen LogP contribution in [0.5, 0.6) is 0 Å². The Morgan fingerprint density at radius 2 is 1.76 bits per heavy atom. The smallest absolute Gasteiger partial charge is 0.168 e. The summed E-state index contributed by atoms with van der Waals surface area (Å²) in [7, 11) is 2.19. The van der Waals surface area contributed by atoms with Gasteiger partial charge in [0, 0.05) is 32.7 Å². The van der Waals surface area contributed by atoms with Crippen molar-refractivity contribution in [3.8, 4) is 0 Å². The zero-order valence-corrected chi connectivity index (χ0v) is 15.7. The molecule has 1 saturated heterocycles. The summed E-state index contributed by atoms with van der Waals surface area (Å²) in [5, 5.41) is 12.7. The van der Waals surface area contributed by atoms with Crippen LogP contribution in [0.2, 0.25) is 0 Å². The van der Waals surface area contributed by atoms with Crippen molar-refractivity contribution in [2.45, 2.75) is 39.3 Å². The number of hydrogen-bond donors (Lipinski definition) is 0. The Balaban J connectivity index is 1.73. The molecule has 0 bridgehead atoms. The van der Waals surface area contributed by atoms with Crippen LogP contribution < -0.4 is 0 Å². The van der Waals surface area contributed by atoms with Crippen LogP contribution in [0.25, 0.3) is 0 Å². The standard InChI is InChI=1S/C19H30N6/c1-16(2)15-18(24-13-11-23(3)12-14-24)19-20-21-22-25(19)10-9-17-7-5-4-6-8-17/h4-8,16,18H,9-15H2,1-3H3. The molecule has 1 aromatic heterocycles. The fourth-order valence-electron chi connectivity index (χ4n) is 3.49. The van der Waals surface area contributed by atoms with E-state index >= 15 is 0 Å². The summed E-state index contributed by atoms with van der Waals surface area (Å²) in [4.78, 5) is 4.95. The average molecular weight is 342 g/mol. The third-order valence-electron chi connectivity index (χ3n) is 4.99. The van der Waals surface area contributed by atoms with Gasteiger partial charge in [-0.25, -0.2) is 4.68 Å². The van der Waals surface area contributed by atoms with Gasteiger partial charge in [-0.15, -0.1) is 5.10 Å². The van der Waals surface area contributed by atoms with E-state index < -0.39 is 0 Å². The zero-order valence-electron chi connectivity index (χ0n) is 15.7. The number of benzene rings is 1. The van der Waals surface area contributed by atoms with Crippen molar-refractivity contribution in [2.24, 2.45) is 5.92 Å². The highest BCUT2D eigenvalue weighted by molar-refractivity contribution is 5.14. The van der Waals surface area contributed by atoms with E-state index in [1.54, 1.807) is 0 Å². The van der Waals surface area contributed by atoms with Gasteiger partial charge in [-0.1, -0.05) is 44.2 Å². The Morgan fingerprint density at radius 3 is 2.44 bits per heavy atom. The molecular formula is C19H30N6. The van der Waals surface area contributed by atoms with Gasteiger partial charge in [-0.2, -0.15) is 0 Å². The van der Waals surface area contributed by atoms with Crippen LogP contribution in [0.1, 0.15) is 37.7 Å². The summed E-state index contributed by atoms with van der Waals surface area (Å²) in [6.07, 6.45) is 2.05. The lowest BCUT2D eigenvalue weighted by molar-refractivity contribution is 0.0931. The molecule has 0 saturated carbocycles. The lowest BCUT2D eigenvalue weighted by Gasteiger charge is -2.38.